The van der Waals surface area contributed by atoms with Gasteiger partial charge in [-0.25, -0.2) is 9.97 Å². The molecule has 0 aliphatic carbocycles. The summed E-state index contributed by atoms with van der Waals surface area (Å²) in [4.78, 5) is 10.3. The average Bonchev–Trinajstić information content (AvgIpc) is 2.57. The number of hydrogen-bond donors (Lipinski definition) is 0. The van der Waals surface area contributed by atoms with E-state index in [9.17, 15) is 0 Å². The lowest BCUT2D eigenvalue weighted by molar-refractivity contribution is 0.340. The molecule has 122 valence electrons. The predicted octanol–water partition coefficient (Wildman–Crippen LogP) is 4.50. The third kappa shape index (κ3) is 3.08. The molecule has 4 heteroatoms. The van der Waals surface area contributed by atoms with Crippen molar-refractivity contribution in [3.63, 3.8) is 0 Å². The maximum Gasteiger partial charge on any atom is 0.119 e. The van der Waals surface area contributed by atoms with Crippen LogP contribution in [0.15, 0.2) is 67.0 Å². The molecule has 0 atom stereocenters. The fourth-order valence-electron chi connectivity index (χ4n) is 2.83. The topological polar surface area (TPSA) is 38.2 Å². The van der Waals surface area contributed by atoms with Gasteiger partial charge in [0.2, 0.25) is 0 Å². The number of hydrogen-bond acceptors (Lipinski definition) is 4. The number of rotatable bonds is 4. The summed E-state index contributed by atoms with van der Waals surface area (Å²) in [7, 11) is 0. The molecule has 1 aliphatic heterocycles. The summed E-state index contributed by atoms with van der Waals surface area (Å²) in [6, 6.07) is 6.11. The highest BCUT2D eigenvalue weighted by Crippen LogP contribution is 2.35. The third-order valence-corrected chi connectivity index (χ3v) is 3.99. The first-order valence-electron chi connectivity index (χ1n) is 7.97. The molecule has 0 N–H and O–H groups in total. The number of nitrogens with zero attached hydrogens (tertiary/aromatic N) is 3. The van der Waals surface area contributed by atoms with Crippen LogP contribution in [0.4, 0.5) is 5.69 Å². The molecule has 24 heavy (non-hydrogen) atoms. The minimum atomic E-state index is 0.662. The number of ether oxygens (including phenoxy) is 1. The van der Waals surface area contributed by atoms with Crippen LogP contribution in [0.3, 0.4) is 0 Å². The summed E-state index contributed by atoms with van der Waals surface area (Å²) in [5, 5.41) is 0. The van der Waals surface area contributed by atoms with Crippen molar-refractivity contribution in [2.24, 2.45) is 0 Å². The van der Waals surface area contributed by atoms with E-state index in [4.69, 9.17) is 4.74 Å². The molecule has 0 amide bonds. The maximum absolute atomic E-state index is 5.58. The standard InChI is InChI=1S/C20H21N3O/c1-5-24-18-6-7-20(15(3)9-18)23-12-19(14(2)8-16(23)4)17-10-21-13-22-11-17/h6-13H,4-5H2,1-3H3. The Bertz CT molecular complexity index is 822. The molecule has 3 rings (SSSR count). The molecule has 2 heterocycles. The first-order chi connectivity index (χ1) is 11.6. The molecule has 0 spiro atoms. The normalized spacial score (nSPS) is 14.3. The molecule has 1 aliphatic rings. The molecule has 0 radical (unpaired) electrons. The molecule has 0 unspecified atom stereocenters. The summed E-state index contributed by atoms with van der Waals surface area (Å²) in [6.45, 7) is 11.0. The van der Waals surface area contributed by atoms with Crippen molar-refractivity contribution in [3.8, 4) is 5.75 Å². The minimum Gasteiger partial charge on any atom is -0.494 e. The van der Waals surface area contributed by atoms with Gasteiger partial charge in [-0.05, 0) is 56.2 Å². The lowest BCUT2D eigenvalue weighted by Crippen LogP contribution is -2.19. The summed E-state index contributed by atoms with van der Waals surface area (Å²) in [6.07, 6.45) is 9.37. The quantitative estimate of drug-likeness (QED) is 0.831. The SMILES string of the molecule is C=C1C=C(C)C(c2cncnc2)=CN1c1ccc(OCC)cc1C. The van der Waals surface area contributed by atoms with Crippen molar-refractivity contribution in [1.82, 2.24) is 9.97 Å². The van der Waals surface area contributed by atoms with Gasteiger partial charge < -0.3 is 9.64 Å². The van der Waals surface area contributed by atoms with Crippen LogP contribution in [0.25, 0.3) is 5.57 Å². The zero-order valence-corrected chi connectivity index (χ0v) is 14.3. The van der Waals surface area contributed by atoms with Gasteiger partial charge in [-0.15, -0.1) is 0 Å². The van der Waals surface area contributed by atoms with Gasteiger partial charge in [0.15, 0.2) is 0 Å². The number of benzene rings is 1. The lowest BCUT2D eigenvalue weighted by atomic mass is 9.98. The molecule has 1 aromatic carbocycles. The van der Waals surface area contributed by atoms with Gasteiger partial charge in [0, 0.05) is 41.1 Å². The molecule has 2 aromatic rings. The zero-order chi connectivity index (χ0) is 17.1. The van der Waals surface area contributed by atoms with E-state index in [1.54, 1.807) is 6.33 Å². The van der Waals surface area contributed by atoms with Gasteiger partial charge in [-0.1, -0.05) is 6.58 Å². The van der Waals surface area contributed by atoms with Gasteiger partial charge in [0.05, 0.1) is 6.61 Å². The number of aryl methyl sites for hydroxylation is 1. The van der Waals surface area contributed by atoms with E-state index in [1.165, 1.54) is 0 Å². The van der Waals surface area contributed by atoms with Crippen LogP contribution < -0.4 is 9.64 Å². The Morgan fingerprint density at radius 2 is 1.92 bits per heavy atom. The smallest absolute Gasteiger partial charge is 0.119 e. The first-order valence-corrected chi connectivity index (χ1v) is 7.97. The van der Waals surface area contributed by atoms with Crippen molar-refractivity contribution >= 4 is 11.3 Å². The van der Waals surface area contributed by atoms with Crippen molar-refractivity contribution < 1.29 is 4.74 Å². The van der Waals surface area contributed by atoms with Gasteiger partial charge in [0.25, 0.3) is 0 Å². The molecule has 0 fully saturated rings. The highest BCUT2D eigenvalue weighted by Gasteiger charge is 2.18. The van der Waals surface area contributed by atoms with Gasteiger partial charge in [-0.2, -0.15) is 0 Å². The molecule has 0 saturated carbocycles. The minimum absolute atomic E-state index is 0.662. The molecule has 0 saturated heterocycles. The van der Waals surface area contributed by atoms with Crippen molar-refractivity contribution in [3.05, 3.63) is 78.2 Å². The Morgan fingerprint density at radius 3 is 2.58 bits per heavy atom. The Balaban J connectivity index is 2.01. The van der Waals surface area contributed by atoms with E-state index in [-0.39, 0.29) is 0 Å². The van der Waals surface area contributed by atoms with Crippen LogP contribution in [-0.2, 0) is 0 Å². The van der Waals surface area contributed by atoms with Crippen LogP contribution in [0, 0.1) is 6.92 Å². The van der Waals surface area contributed by atoms with E-state index in [1.807, 2.05) is 25.4 Å². The molecule has 0 bridgehead atoms. The molecule has 1 aromatic heterocycles. The van der Waals surface area contributed by atoms with E-state index in [0.717, 1.165) is 39.4 Å². The van der Waals surface area contributed by atoms with E-state index >= 15 is 0 Å². The fourth-order valence-corrected chi connectivity index (χ4v) is 2.83. The summed E-state index contributed by atoms with van der Waals surface area (Å²) < 4.78 is 5.58. The second-order valence-electron chi connectivity index (χ2n) is 5.74. The number of anilines is 1. The van der Waals surface area contributed by atoms with Crippen molar-refractivity contribution in [1.29, 1.82) is 0 Å². The monoisotopic (exact) mass is 319 g/mol. The molecule has 4 nitrogen and oxygen atoms in total. The largest absolute Gasteiger partial charge is 0.494 e. The summed E-state index contributed by atoms with van der Waals surface area (Å²) in [5.74, 6) is 0.883. The van der Waals surface area contributed by atoms with Gasteiger partial charge in [-0.3, -0.25) is 0 Å². The van der Waals surface area contributed by atoms with Crippen molar-refractivity contribution in [2.45, 2.75) is 20.8 Å². The highest BCUT2D eigenvalue weighted by molar-refractivity contribution is 5.84. The van der Waals surface area contributed by atoms with Crippen LogP contribution >= 0.6 is 0 Å². The van der Waals surface area contributed by atoms with Crippen LogP contribution in [0.5, 0.6) is 5.75 Å². The third-order valence-electron chi connectivity index (χ3n) is 3.99. The summed E-state index contributed by atoms with van der Waals surface area (Å²) in [5.41, 5.74) is 6.38. The van der Waals surface area contributed by atoms with Gasteiger partial charge >= 0.3 is 0 Å². The van der Waals surface area contributed by atoms with E-state index in [2.05, 4.69) is 59.7 Å². The second kappa shape index (κ2) is 6.71. The Hall–Kier alpha value is -2.88. The lowest BCUT2D eigenvalue weighted by Gasteiger charge is -2.29. The highest BCUT2D eigenvalue weighted by atomic mass is 16.5. The average molecular weight is 319 g/mol. The molecular formula is C20H21N3O. The maximum atomic E-state index is 5.58. The Labute approximate surface area is 142 Å². The number of allylic oxidation sites excluding steroid dienone is 3. The van der Waals surface area contributed by atoms with Crippen LogP contribution in [0.1, 0.15) is 25.0 Å². The summed E-state index contributed by atoms with van der Waals surface area (Å²) >= 11 is 0. The Kier molecular flexibility index (Phi) is 4.47. The van der Waals surface area contributed by atoms with Crippen molar-refractivity contribution in [2.75, 3.05) is 11.5 Å². The van der Waals surface area contributed by atoms with Gasteiger partial charge in [0.1, 0.15) is 12.1 Å². The van der Waals surface area contributed by atoms with E-state index < -0.39 is 0 Å². The zero-order valence-electron chi connectivity index (χ0n) is 14.3. The van der Waals surface area contributed by atoms with Crippen LogP contribution in [-0.4, -0.2) is 16.6 Å². The van der Waals surface area contributed by atoms with Crippen LogP contribution in [0.2, 0.25) is 0 Å². The predicted molar refractivity (Wildman–Crippen MR) is 97.7 cm³/mol. The number of aromatic nitrogens is 2. The van der Waals surface area contributed by atoms with E-state index in [0.29, 0.717) is 6.61 Å². The second-order valence-corrected chi connectivity index (χ2v) is 5.74. The Morgan fingerprint density at radius 1 is 1.17 bits per heavy atom. The first kappa shape index (κ1) is 16.0. The fraction of sp³-hybridized carbons (Fsp3) is 0.200. The molecular weight excluding hydrogens is 298 g/mol.